The minimum atomic E-state index is 0.198. The highest BCUT2D eigenvalue weighted by Gasteiger charge is 2.25. The lowest BCUT2D eigenvalue weighted by atomic mass is 10.1. The lowest BCUT2D eigenvalue weighted by Crippen LogP contribution is -1.98. The molecule has 1 aliphatic rings. The maximum atomic E-state index is 8.83. The maximum absolute atomic E-state index is 8.83. The summed E-state index contributed by atoms with van der Waals surface area (Å²) in [5.74, 6) is 2.54. The van der Waals surface area contributed by atoms with Crippen molar-refractivity contribution >= 4 is 0 Å². The second-order valence-corrected chi connectivity index (χ2v) is 4.02. The van der Waals surface area contributed by atoms with Crippen LogP contribution in [0.3, 0.4) is 0 Å². The van der Waals surface area contributed by atoms with Gasteiger partial charge >= 0.3 is 0 Å². The Labute approximate surface area is 106 Å². The van der Waals surface area contributed by atoms with Gasteiger partial charge in [0.05, 0.1) is 14.2 Å². The number of aliphatic hydroxyl groups is 1. The normalized spacial score (nSPS) is 12.6. The Kier molecular flexibility index (Phi) is 4.15. The molecule has 0 amide bonds. The molecule has 0 saturated heterocycles. The molecule has 1 N–H and O–H groups in total. The summed E-state index contributed by atoms with van der Waals surface area (Å²) in [5.41, 5.74) is 1.01. The van der Waals surface area contributed by atoms with Gasteiger partial charge in [-0.15, -0.1) is 0 Å². The quantitative estimate of drug-likeness (QED) is 0.784. The molecule has 5 heteroatoms. The van der Waals surface area contributed by atoms with Crippen molar-refractivity contribution in [3.8, 4) is 23.0 Å². The predicted molar refractivity (Wildman–Crippen MR) is 65.7 cm³/mol. The van der Waals surface area contributed by atoms with E-state index in [1.807, 2.05) is 6.07 Å². The number of rotatable bonds is 6. The summed E-state index contributed by atoms with van der Waals surface area (Å²) in [6.07, 6.45) is 2.45. The first-order valence-electron chi connectivity index (χ1n) is 5.96. The predicted octanol–water partition coefficient (Wildman–Crippen LogP) is 1.75. The fourth-order valence-corrected chi connectivity index (χ4v) is 2.07. The molecule has 1 aromatic carbocycles. The van der Waals surface area contributed by atoms with Crippen molar-refractivity contribution in [3.63, 3.8) is 0 Å². The second kappa shape index (κ2) is 5.82. The van der Waals surface area contributed by atoms with Crippen LogP contribution < -0.4 is 18.9 Å². The van der Waals surface area contributed by atoms with E-state index in [0.29, 0.717) is 23.0 Å². The topological polar surface area (TPSA) is 57.2 Å². The van der Waals surface area contributed by atoms with Gasteiger partial charge in [0.1, 0.15) is 0 Å². The molecule has 0 fully saturated rings. The smallest absolute Gasteiger partial charge is 0.231 e. The van der Waals surface area contributed by atoms with Gasteiger partial charge in [0.25, 0.3) is 0 Å². The fourth-order valence-electron chi connectivity index (χ4n) is 2.07. The molecule has 0 aliphatic carbocycles. The summed E-state index contributed by atoms with van der Waals surface area (Å²) < 4.78 is 21.5. The first kappa shape index (κ1) is 12.8. The summed E-state index contributed by atoms with van der Waals surface area (Å²) in [6, 6.07) is 1.92. The van der Waals surface area contributed by atoms with E-state index >= 15 is 0 Å². The van der Waals surface area contributed by atoms with Crippen LogP contribution in [-0.2, 0) is 6.42 Å². The molecule has 18 heavy (non-hydrogen) atoms. The lowest BCUT2D eigenvalue weighted by molar-refractivity contribution is 0.170. The zero-order valence-corrected chi connectivity index (χ0v) is 10.7. The molecule has 0 bridgehead atoms. The van der Waals surface area contributed by atoms with E-state index in [1.54, 1.807) is 14.2 Å². The number of hydrogen-bond donors (Lipinski definition) is 1. The van der Waals surface area contributed by atoms with Crippen LogP contribution in [0, 0.1) is 0 Å². The number of fused-ring (bicyclic) bond motifs is 1. The van der Waals surface area contributed by atoms with Crippen molar-refractivity contribution in [2.75, 3.05) is 27.6 Å². The van der Waals surface area contributed by atoms with Crippen molar-refractivity contribution in [3.05, 3.63) is 11.6 Å². The van der Waals surface area contributed by atoms with Crippen molar-refractivity contribution < 1.29 is 24.1 Å². The third kappa shape index (κ3) is 2.31. The first-order valence-corrected chi connectivity index (χ1v) is 5.96. The molecule has 0 atom stereocenters. The molecule has 0 aromatic heterocycles. The monoisotopic (exact) mass is 254 g/mol. The summed E-state index contributed by atoms with van der Waals surface area (Å²) in [7, 11) is 3.19. The number of methoxy groups -OCH3 is 2. The summed E-state index contributed by atoms with van der Waals surface area (Å²) in [4.78, 5) is 0. The highest BCUT2D eigenvalue weighted by molar-refractivity contribution is 5.63. The summed E-state index contributed by atoms with van der Waals surface area (Å²) >= 11 is 0. The van der Waals surface area contributed by atoms with Crippen LogP contribution in [0.25, 0.3) is 0 Å². The molecule has 100 valence electrons. The van der Waals surface area contributed by atoms with Crippen LogP contribution in [0.1, 0.15) is 18.4 Å². The third-order valence-electron chi connectivity index (χ3n) is 2.91. The summed E-state index contributed by atoms with van der Waals surface area (Å²) in [6.45, 7) is 0.402. The fraction of sp³-hybridized carbons (Fsp3) is 0.538. The number of benzene rings is 1. The average molecular weight is 254 g/mol. The Morgan fingerprint density at radius 1 is 1.17 bits per heavy atom. The van der Waals surface area contributed by atoms with Crippen LogP contribution in [-0.4, -0.2) is 32.7 Å². The highest BCUT2D eigenvalue weighted by Crippen LogP contribution is 2.49. The molecule has 1 aromatic rings. The van der Waals surface area contributed by atoms with E-state index in [2.05, 4.69) is 0 Å². The number of hydrogen-bond acceptors (Lipinski definition) is 5. The molecule has 0 spiro atoms. The second-order valence-electron chi connectivity index (χ2n) is 4.02. The van der Waals surface area contributed by atoms with Gasteiger partial charge in [0.2, 0.25) is 18.3 Å². The van der Waals surface area contributed by atoms with Crippen molar-refractivity contribution in [2.45, 2.75) is 19.3 Å². The Bertz CT molecular complexity index is 416. The van der Waals surface area contributed by atoms with Gasteiger partial charge in [0.15, 0.2) is 11.5 Å². The van der Waals surface area contributed by atoms with E-state index in [-0.39, 0.29) is 13.4 Å². The van der Waals surface area contributed by atoms with E-state index in [9.17, 15) is 0 Å². The van der Waals surface area contributed by atoms with Gasteiger partial charge in [-0.2, -0.15) is 0 Å². The van der Waals surface area contributed by atoms with Crippen molar-refractivity contribution in [1.82, 2.24) is 0 Å². The summed E-state index contributed by atoms with van der Waals surface area (Å²) in [5, 5.41) is 8.83. The molecule has 1 aliphatic heterocycles. The minimum absolute atomic E-state index is 0.198. The van der Waals surface area contributed by atoms with Gasteiger partial charge in [-0.3, -0.25) is 0 Å². The minimum Gasteiger partial charge on any atom is -0.492 e. The lowest BCUT2D eigenvalue weighted by Gasteiger charge is -2.14. The number of aliphatic hydroxyl groups excluding tert-OH is 1. The Hall–Kier alpha value is -1.62. The number of ether oxygens (including phenoxy) is 4. The molecule has 0 radical (unpaired) electrons. The van der Waals surface area contributed by atoms with Crippen molar-refractivity contribution in [2.24, 2.45) is 0 Å². The van der Waals surface area contributed by atoms with Gasteiger partial charge < -0.3 is 24.1 Å². The Morgan fingerprint density at radius 3 is 2.61 bits per heavy atom. The molecule has 2 rings (SSSR count). The average Bonchev–Trinajstić information content (AvgIpc) is 2.85. The van der Waals surface area contributed by atoms with Crippen LogP contribution >= 0.6 is 0 Å². The van der Waals surface area contributed by atoms with E-state index < -0.39 is 0 Å². The zero-order chi connectivity index (χ0) is 13.0. The molecular formula is C13H18O5. The van der Waals surface area contributed by atoms with Gasteiger partial charge in [-0.25, -0.2) is 0 Å². The first-order chi connectivity index (χ1) is 8.81. The number of aryl methyl sites for hydroxylation is 1. The van der Waals surface area contributed by atoms with Crippen LogP contribution in [0.15, 0.2) is 6.07 Å². The largest absolute Gasteiger partial charge is 0.492 e. The van der Waals surface area contributed by atoms with E-state index in [4.69, 9.17) is 24.1 Å². The molecule has 0 saturated carbocycles. The van der Waals surface area contributed by atoms with E-state index in [1.165, 1.54) is 0 Å². The standard InChI is InChI=1S/C13H18O5/c1-15-11-9(5-3-4-6-14)7-10-12(13(11)16-2)18-8-17-10/h7,14H,3-6,8H2,1-2H3. The highest BCUT2D eigenvalue weighted by atomic mass is 16.7. The molecule has 1 heterocycles. The van der Waals surface area contributed by atoms with Crippen molar-refractivity contribution in [1.29, 1.82) is 0 Å². The van der Waals surface area contributed by atoms with Gasteiger partial charge in [0, 0.05) is 12.2 Å². The van der Waals surface area contributed by atoms with Gasteiger partial charge in [-0.1, -0.05) is 0 Å². The van der Waals surface area contributed by atoms with Crippen LogP contribution in [0.4, 0.5) is 0 Å². The number of unbranched alkanes of at least 4 members (excludes halogenated alkanes) is 1. The Balaban J connectivity index is 2.33. The molecular weight excluding hydrogens is 236 g/mol. The third-order valence-corrected chi connectivity index (χ3v) is 2.91. The van der Waals surface area contributed by atoms with Crippen LogP contribution in [0.2, 0.25) is 0 Å². The molecule has 0 unspecified atom stereocenters. The SMILES string of the molecule is COc1c(CCCCO)cc2c(c1OC)OCO2. The van der Waals surface area contributed by atoms with E-state index in [0.717, 1.165) is 24.8 Å². The maximum Gasteiger partial charge on any atom is 0.231 e. The zero-order valence-electron chi connectivity index (χ0n) is 10.7. The van der Waals surface area contributed by atoms with Crippen LogP contribution in [0.5, 0.6) is 23.0 Å². The molecule has 5 nitrogen and oxygen atoms in total. The van der Waals surface area contributed by atoms with Gasteiger partial charge in [-0.05, 0) is 25.3 Å². The Morgan fingerprint density at radius 2 is 1.94 bits per heavy atom.